The van der Waals surface area contributed by atoms with Crippen molar-refractivity contribution in [1.29, 1.82) is 0 Å². The second-order valence-corrected chi connectivity index (χ2v) is 5.86. The lowest BCUT2D eigenvalue weighted by Gasteiger charge is -2.10. The first kappa shape index (κ1) is 15.1. The number of aliphatic hydroxyl groups is 1. The summed E-state index contributed by atoms with van der Waals surface area (Å²) in [6.45, 7) is 2.04. The van der Waals surface area contributed by atoms with Gasteiger partial charge in [0.1, 0.15) is 23.0 Å². The van der Waals surface area contributed by atoms with Gasteiger partial charge in [0.25, 0.3) is 0 Å². The van der Waals surface area contributed by atoms with Gasteiger partial charge in [0, 0.05) is 22.1 Å². The molecule has 1 N–H and O–H groups in total. The summed E-state index contributed by atoms with van der Waals surface area (Å²) in [5, 5.41) is 10.1. The molecule has 3 rings (SSSR count). The van der Waals surface area contributed by atoms with Crippen molar-refractivity contribution in [2.45, 2.75) is 13.5 Å². The largest absolute Gasteiger partial charge is 0.493 e. The lowest BCUT2D eigenvalue weighted by molar-refractivity contribution is 0.284. The van der Waals surface area contributed by atoms with E-state index in [-0.39, 0.29) is 12.4 Å². The van der Waals surface area contributed by atoms with Crippen molar-refractivity contribution in [3.05, 3.63) is 41.1 Å². The van der Waals surface area contributed by atoms with Gasteiger partial charge in [-0.3, -0.25) is 0 Å². The Morgan fingerprint density at radius 1 is 1.36 bits per heavy atom. The standard InChI is InChI=1S/C15H12ClFN2O2S/c1-2-21-11-5-8(17)3-4-9(11)13-10(6-20)12-14(22-13)15(16)19-7-18-12/h3-5,7,20H,2,6H2,1H3. The smallest absolute Gasteiger partial charge is 0.150 e. The van der Waals surface area contributed by atoms with Crippen molar-refractivity contribution < 1.29 is 14.2 Å². The molecule has 0 spiro atoms. The predicted octanol–water partition coefficient (Wildman–Crippen LogP) is 4.04. The zero-order valence-corrected chi connectivity index (χ0v) is 13.2. The number of hydrogen-bond donors (Lipinski definition) is 1. The van der Waals surface area contributed by atoms with Gasteiger partial charge in [0.15, 0.2) is 0 Å². The van der Waals surface area contributed by atoms with E-state index in [2.05, 4.69) is 9.97 Å². The molecule has 0 amide bonds. The second kappa shape index (κ2) is 6.16. The molecule has 0 aliphatic rings. The third kappa shape index (κ3) is 2.54. The van der Waals surface area contributed by atoms with E-state index in [1.54, 1.807) is 6.07 Å². The highest BCUT2D eigenvalue weighted by Gasteiger charge is 2.19. The molecule has 0 aliphatic heterocycles. The van der Waals surface area contributed by atoms with Gasteiger partial charge < -0.3 is 9.84 Å². The summed E-state index contributed by atoms with van der Waals surface area (Å²) < 4.78 is 19.7. The molecule has 114 valence electrons. The lowest BCUT2D eigenvalue weighted by atomic mass is 10.1. The van der Waals surface area contributed by atoms with Gasteiger partial charge in [-0.25, -0.2) is 14.4 Å². The van der Waals surface area contributed by atoms with Crippen molar-refractivity contribution in [3.8, 4) is 16.2 Å². The third-order valence-corrected chi connectivity index (χ3v) is 4.83. The number of aromatic nitrogens is 2. The molecule has 0 radical (unpaired) electrons. The summed E-state index contributed by atoms with van der Waals surface area (Å²) in [7, 11) is 0. The summed E-state index contributed by atoms with van der Waals surface area (Å²) in [4.78, 5) is 8.90. The van der Waals surface area contributed by atoms with Crippen LogP contribution in [0.2, 0.25) is 5.15 Å². The molecular formula is C15H12ClFN2O2S. The number of fused-ring (bicyclic) bond motifs is 1. The molecule has 7 heteroatoms. The molecule has 22 heavy (non-hydrogen) atoms. The van der Waals surface area contributed by atoms with Crippen LogP contribution in [0.1, 0.15) is 12.5 Å². The minimum Gasteiger partial charge on any atom is -0.493 e. The Kier molecular flexibility index (Phi) is 4.24. The average molecular weight is 339 g/mol. The third-order valence-electron chi connectivity index (χ3n) is 3.17. The number of thiophene rings is 1. The van der Waals surface area contributed by atoms with Crippen LogP contribution >= 0.6 is 22.9 Å². The summed E-state index contributed by atoms with van der Waals surface area (Å²) in [5.41, 5.74) is 1.94. The monoisotopic (exact) mass is 338 g/mol. The van der Waals surface area contributed by atoms with Gasteiger partial charge >= 0.3 is 0 Å². The highest BCUT2D eigenvalue weighted by molar-refractivity contribution is 7.23. The van der Waals surface area contributed by atoms with Gasteiger partial charge in [-0.05, 0) is 19.1 Å². The van der Waals surface area contributed by atoms with Crippen LogP contribution in [0.3, 0.4) is 0 Å². The Hall–Kier alpha value is -1.76. The Morgan fingerprint density at radius 3 is 2.91 bits per heavy atom. The van der Waals surface area contributed by atoms with Crippen LogP contribution in [0.25, 0.3) is 20.7 Å². The number of rotatable bonds is 4. The van der Waals surface area contributed by atoms with E-state index in [0.29, 0.717) is 38.9 Å². The first-order valence-electron chi connectivity index (χ1n) is 6.61. The average Bonchev–Trinajstić information content (AvgIpc) is 2.87. The van der Waals surface area contributed by atoms with Gasteiger partial charge in [0.2, 0.25) is 0 Å². The van der Waals surface area contributed by atoms with Crippen LogP contribution in [-0.4, -0.2) is 21.7 Å². The van der Waals surface area contributed by atoms with Gasteiger partial charge in [-0.2, -0.15) is 0 Å². The maximum absolute atomic E-state index is 13.5. The number of nitrogens with zero attached hydrogens (tertiary/aromatic N) is 2. The van der Waals surface area contributed by atoms with E-state index in [1.165, 1.54) is 29.8 Å². The first-order valence-corrected chi connectivity index (χ1v) is 7.80. The van der Waals surface area contributed by atoms with Crippen LogP contribution in [0.5, 0.6) is 5.75 Å². The van der Waals surface area contributed by atoms with Crippen LogP contribution < -0.4 is 4.74 Å². The fourth-order valence-electron chi connectivity index (χ4n) is 2.25. The zero-order valence-electron chi connectivity index (χ0n) is 11.6. The molecule has 2 heterocycles. The molecule has 0 saturated heterocycles. The van der Waals surface area contributed by atoms with Crippen LogP contribution in [0, 0.1) is 5.82 Å². The summed E-state index contributed by atoms with van der Waals surface area (Å²) >= 11 is 7.45. The van der Waals surface area contributed by atoms with Crippen LogP contribution in [0.15, 0.2) is 24.5 Å². The normalized spacial score (nSPS) is 11.1. The Bertz CT molecular complexity index is 838. The number of halogens is 2. The molecule has 0 bridgehead atoms. The highest BCUT2D eigenvalue weighted by Crippen LogP contribution is 2.43. The Morgan fingerprint density at radius 2 is 2.18 bits per heavy atom. The lowest BCUT2D eigenvalue weighted by Crippen LogP contribution is -1.95. The van der Waals surface area contributed by atoms with Crippen LogP contribution in [0.4, 0.5) is 4.39 Å². The molecule has 0 unspecified atom stereocenters. The molecule has 0 saturated carbocycles. The van der Waals surface area contributed by atoms with Gasteiger partial charge in [-0.15, -0.1) is 11.3 Å². The maximum Gasteiger partial charge on any atom is 0.150 e. The minimum atomic E-state index is -0.378. The molecule has 0 fully saturated rings. The number of aliphatic hydroxyl groups excluding tert-OH is 1. The predicted molar refractivity (Wildman–Crippen MR) is 84.9 cm³/mol. The topological polar surface area (TPSA) is 55.2 Å². The summed E-state index contributed by atoms with van der Waals surface area (Å²) in [5.74, 6) is 0.0459. The van der Waals surface area contributed by atoms with E-state index < -0.39 is 0 Å². The highest BCUT2D eigenvalue weighted by atomic mass is 35.5. The van der Waals surface area contributed by atoms with E-state index >= 15 is 0 Å². The van der Waals surface area contributed by atoms with E-state index in [9.17, 15) is 9.50 Å². The fourth-order valence-corrected chi connectivity index (χ4v) is 3.68. The zero-order chi connectivity index (χ0) is 15.7. The van der Waals surface area contributed by atoms with Crippen molar-refractivity contribution in [3.63, 3.8) is 0 Å². The van der Waals surface area contributed by atoms with Crippen molar-refractivity contribution >= 4 is 33.2 Å². The number of hydrogen-bond acceptors (Lipinski definition) is 5. The van der Waals surface area contributed by atoms with Crippen LogP contribution in [-0.2, 0) is 6.61 Å². The van der Waals surface area contributed by atoms with Gasteiger partial charge in [-0.1, -0.05) is 11.6 Å². The fraction of sp³-hybridized carbons (Fsp3) is 0.200. The summed E-state index contributed by atoms with van der Waals surface area (Å²) in [6, 6.07) is 4.32. The second-order valence-electron chi connectivity index (χ2n) is 4.48. The van der Waals surface area contributed by atoms with Crippen molar-refractivity contribution in [2.24, 2.45) is 0 Å². The molecule has 4 nitrogen and oxygen atoms in total. The minimum absolute atomic E-state index is 0.203. The van der Waals surface area contributed by atoms with E-state index in [4.69, 9.17) is 16.3 Å². The molecule has 2 aromatic heterocycles. The Labute approximate surface area is 135 Å². The SMILES string of the molecule is CCOc1cc(F)ccc1-c1sc2c(Cl)ncnc2c1CO. The summed E-state index contributed by atoms with van der Waals surface area (Å²) in [6.07, 6.45) is 1.36. The van der Waals surface area contributed by atoms with Crippen molar-refractivity contribution in [2.75, 3.05) is 6.61 Å². The molecule has 3 aromatic rings. The first-order chi connectivity index (χ1) is 10.7. The van der Waals surface area contributed by atoms with E-state index in [0.717, 1.165) is 4.88 Å². The van der Waals surface area contributed by atoms with E-state index in [1.807, 2.05) is 6.92 Å². The molecule has 0 atom stereocenters. The number of ether oxygens (including phenoxy) is 1. The molecular weight excluding hydrogens is 327 g/mol. The quantitative estimate of drug-likeness (QED) is 0.729. The van der Waals surface area contributed by atoms with Crippen molar-refractivity contribution in [1.82, 2.24) is 9.97 Å². The maximum atomic E-state index is 13.5. The molecule has 1 aromatic carbocycles. The molecule has 0 aliphatic carbocycles. The van der Waals surface area contributed by atoms with Gasteiger partial charge in [0.05, 0.1) is 23.4 Å². The number of benzene rings is 1. The Balaban J connectivity index is 2.28.